The topological polar surface area (TPSA) is 138 Å². The maximum atomic E-state index is 12.6. The monoisotopic (exact) mass is 479 g/mol. The van der Waals surface area contributed by atoms with Crippen LogP contribution in [-0.2, 0) is 14.3 Å². The Hall–Kier alpha value is -2.93. The molecule has 13 heteroatoms. The van der Waals surface area contributed by atoms with Crippen molar-refractivity contribution in [2.45, 2.75) is 50.0 Å². The van der Waals surface area contributed by atoms with E-state index in [1.165, 1.54) is 0 Å². The van der Waals surface area contributed by atoms with Gasteiger partial charge in [-0.15, -0.1) is 0 Å². The summed E-state index contributed by atoms with van der Waals surface area (Å²) in [7, 11) is 0. The molecular formula is C21H27F2N7O4. The molecule has 0 bridgehead atoms. The minimum absolute atomic E-state index is 0.124. The number of aromatic amines is 1. The maximum Gasteiger partial charge on any atom is 0.307 e. The lowest BCUT2D eigenvalue weighted by Gasteiger charge is -2.27. The van der Waals surface area contributed by atoms with Gasteiger partial charge in [-0.3, -0.25) is 9.89 Å². The van der Waals surface area contributed by atoms with Crippen LogP contribution in [-0.4, -0.2) is 81.7 Å². The Morgan fingerprint density at radius 2 is 2.06 bits per heavy atom. The van der Waals surface area contributed by atoms with Crippen LogP contribution >= 0.6 is 0 Å². The van der Waals surface area contributed by atoms with Gasteiger partial charge in [0.25, 0.3) is 6.43 Å². The normalized spacial score (nSPS) is 25.1. The van der Waals surface area contributed by atoms with E-state index in [0.717, 1.165) is 18.5 Å². The van der Waals surface area contributed by atoms with Gasteiger partial charge in [-0.05, 0) is 25.7 Å². The molecule has 2 aromatic heterocycles. The average Bonchev–Trinajstić information content (AvgIpc) is 3.41. The fourth-order valence-electron chi connectivity index (χ4n) is 4.51. The molecule has 3 N–H and O–H groups in total. The Kier molecular flexibility index (Phi) is 6.55. The van der Waals surface area contributed by atoms with Crippen molar-refractivity contribution in [3.8, 4) is 0 Å². The first kappa shape index (κ1) is 22.8. The number of carboxylic acid groups (broad SMARTS) is 1. The van der Waals surface area contributed by atoms with Crippen LogP contribution in [0, 0.1) is 5.92 Å². The van der Waals surface area contributed by atoms with Crippen LogP contribution in [0.5, 0.6) is 0 Å². The van der Waals surface area contributed by atoms with E-state index in [4.69, 9.17) is 9.47 Å². The van der Waals surface area contributed by atoms with E-state index in [-0.39, 0.29) is 18.8 Å². The number of nitrogens with one attached hydrogen (secondary N) is 2. The molecule has 5 rings (SSSR count). The van der Waals surface area contributed by atoms with Crippen molar-refractivity contribution in [1.82, 2.24) is 25.1 Å². The summed E-state index contributed by atoms with van der Waals surface area (Å²) in [6.07, 6.45) is -0.611. The van der Waals surface area contributed by atoms with Gasteiger partial charge >= 0.3 is 5.97 Å². The number of morpholine rings is 1. The number of anilines is 3. The van der Waals surface area contributed by atoms with Crippen LogP contribution in [0.1, 0.15) is 49.0 Å². The smallest absolute Gasteiger partial charge is 0.307 e. The summed E-state index contributed by atoms with van der Waals surface area (Å²) in [5.41, 5.74) is 0.978. The Morgan fingerprint density at radius 1 is 1.26 bits per heavy atom. The molecule has 34 heavy (non-hydrogen) atoms. The third-order valence-electron chi connectivity index (χ3n) is 6.40. The van der Waals surface area contributed by atoms with E-state index >= 15 is 0 Å². The average molecular weight is 479 g/mol. The number of aromatic nitrogens is 5. The van der Waals surface area contributed by atoms with Crippen LogP contribution in [0.15, 0.2) is 6.07 Å². The van der Waals surface area contributed by atoms with Crippen molar-refractivity contribution < 1.29 is 28.2 Å². The van der Waals surface area contributed by atoms with Crippen LogP contribution in [0.2, 0.25) is 0 Å². The quantitative estimate of drug-likeness (QED) is 0.491. The number of halogens is 2. The third-order valence-corrected chi connectivity index (χ3v) is 6.40. The molecule has 184 valence electrons. The highest BCUT2D eigenvalue weighted by Gasteiger charge is 2.42. The number of ether oxygens (including phenoxy) is 2. The number of carboxylic acids is 1. The molecule has 3 unspecified atom stereocenters. The standard InChI is InChI=1S/C21H27F2N7O4/c22-16(23)10-34-12-7-13(14(8-12)19(31)32)18-25-20(24-17-9-15(28-29-17)11-1-2-11)27-21(26-18)30-3-5-33-6-4-30/h9,11-14,16H,1-8,10H2,(H,31,32)(H2,24,25,26,27,28,29). The highest BCUT2D eigenvalue weighted by atomic mass is 19.3. The molecule has 0 spiro atoms. The van der Waals surface area contributed by atoms with E-state index in [9.17, 15) is 18.7 Å². The molecule has 11 nitrogen and oxygen atoms in total. The number of hydrogen-bond donors (Lipinski definition) is 3. The van der Waals surface area contributed by atoms with Gasteiger partial charge < -0.3 is 24.8 Å². The first-order chi connectivity index (χ1) is 16.5. The molecular weight excluding hydrogens is 452 g/mol. The molecule has 1 aliphatic heterocycles. The van der Waals surface area contributed by atoms with E-state index in [0.29, 0.717) is 49.8 Å². The summed E-state index contributed by atoms with van der Waals surface area (Å²) in [4.78, 5) is 27.6. The van der Waals surface area contributed by atoms with Gasteiger partial charge in [0.1, 0.15) is 18.2 Å². The molecule has 0 amide bonds. The SMILES string of the molecule is O=C(O)C1CC(OCC(F)F)CC1c1nc(Nc2cc(C3CC3)n[nH]2)nc(N2CCOCC2)n1. The molecule has 3 aliphatic rings. The zero-order valence-electron chi connectivity index (χ0n) is 18.5. The lowest BCUT2D eigenvalue weighted by molar-refractivity contribution is -0.142. The number of nitrogens with zero attached hydrogens (tertiary/aromatic N) is 5. The van der Waals surface area contributed by atoms with Crippen molar-refractivity contribution >= 4 is 23.7 Å². The van der Waals surface area contributed by atoms with Crippen molar-refractivity contribution in [2.24, 2.45) is 5.92 Å². The molecule has 3 heterocycles. The molecule has 0 radical (unpaired) electrons. The Bertz CT molecular complexity index is 1010. The van der Waals surface area contributed by atoms with Crippen LogP contribution in [0.4, 0.5) is 26.5 Å². The largest absolute Gasteiger partial charge is 0.481 e. The van der Waals surface area contributed by atoms with Gasteiger partial charge in [0.15, 0.2) is 0 Å². The number of rotatable bonds is 9. The third kappa shape index (κ3) is 5.25. The van der Waals surface area contributed by atoms with Crippen molar-refractivity contribution in [3.63, 3.8) is 0 Å². The van der Waals surface area contributed by atoms with Gasteiger partial charge in [0.2, 0.25) is 11.9 Å². The maximum absolute atomic E-state index is 12.6. The summed E-state index contributed by atoms with van der Waals surface area (Å²) in [5, 5.41) is 20.2. The van der Waals surface area contributed by atoms with E-state index in [1.807, 2.05) is 11.0 Å². The Morgan fingerprint density at radius 3 is 2.76 bits per heavy atom. The number of H-pyrrole nitrogens is 1. The lowest BCUT2D eigenvalue weighted by Crippen LogP contribution is -2.38. The second-order valence-electron chi connectivity index (χ2n) is 8.89. The van der Waals surface area contributed by atoms with Gasteiger partial charge in [-0.2, -0.15) is 20.1 Å². The zero-order valence-corrected chi connectivity index (χ0v) is 18.5. The predicted octanol–water partition coefficient (Wildman–Crippen LogP) is 2.28. The van der Waals surface area contributed by atoms with E-state index < -0.39 is 36.9 Å². The summed E-state index contributed by atoms with van der Waals surface area (Å²) >= 11 is 0. The minimum Gasteiger partial charge on any atom is -0.481 e. The summed E-state index contributed by atoms with van der Waals surface area (Å²) in [6, 6.07) is 1.92. The second kappa shape index (κ2) is 9.74. The van der Waals surface area contributed by atoms with Crippen molar-refractivity contribution in [2.75, 3.05) is 43.1 Å². The molecule has 1 saturated heterocycles. The zero-order chi connectivity index (χ0) is 23.7. The fourth-order valence-corrected chi connectivity index (χ4v) is 4.51. The van der Waals surface area contributed by atoms with Crippen LogP contribution in [0.3, 0.4) is 0 Å². The fraction of sp³-hybridized carbons (Fsp3) is 0.667. The van der Waals surface area contributed by atoms with Crippen molar-refractivity contribution in [3.05, 3.63) is 17.6 Å². The summed E-state index contributed by atoms with van der Waals surface area (Å²) in [5.74, 6) is -0.375. The second-order valence-corrected chi connectivity index (χ2v) is 8.89. The van der Waals surface area contributed by atoms with Gasteiger partial charge in [0.05, 0.1) is 30.9 Å². The molecule has 0 aromatic carbocycles. The number of alkyl halides is 2. The highest BCUT2D eigenvalue weighted by molar-refractivity contribution is 5.72. The first-order valence-corrected chi connectivity index (χ1v) is 11.5. The van der Waals surface area contributed by atoms with Gasteiger partial charge in [-0.25, -0.2) is 8.78 Å². The molecule has 3 fully saturated rings. The molecule has 3 atom stereocenters. The molecule has 2 aliphatic carbocycles. The van der Waals surface area contributed by atoms with E-state index in [2.05, 4.69) is 30.5 Å². The van der Waals surface area contributed by atoms with Crippen molar-refractivity contribution in [1.29, 1.82) is 0 Å². The van der Waals surface area contributed by atoms with Gasteiger partial charge in [-0.1, -0.05) is 0 Å². The Balaban J connectivity index is 1.43. The number of aliphatic carboxylic acids is 1. The number of carbonyl (C=O) groups is 1. The highest BCUT2D eigenvalue weighted by Crippen LogP contribution is 2.41. The first-order valence-electron chi connectivity index (χ1n) is 11.5. The number of hydrogen-bond acceptors (Lipinski definition) is 9. The van der Waals surface area contributed by atoms with E-state index in [1.54, 1.807) is 0 Å². The summed E-state index contributed by atoms with van der Waals surface area (Å²) in [6.45, 7) is 1.51. The van der Waals surface area contributed by atoms with Crippen LogP contribution < -0.4 is 10.2 Å². The Labute approximate surface area is 194 Å². The molecule has 2 aromatic rings. The van der Waals surface area contributed by atoms with Gasteiger partial charge in [0, 0.05) is 31.0 Å². The lowest BCUT2D eigenvalue weighted by atomic mass is 9.95. The minimum atomic E-state index is -2.61. The van der Waals surface area contributed by atoms with Crippen LogP contribution in [0.25, 0.3) is 0 Å². The molecule has 2 saturated carbocycles. The predicted molar refractivity (Wildman–Crippen MR) is 116 cm³/mol. The summed E-state index contributed by atoms with van der Waals surface area (Å²) < 4.78 is 35.9.